The number of rotatable bonds is 8. The van der Waals surface area contributed by atoms with E-state index < -0.39 is 0 Å². The van der Waals surface area contributed by atoms with Crippen LogP contribution in [0.3, 0.4) is 0 Å². The molecule has 5 rings (SSSR count). The summed E-state index contributed by atoms with van der Waals surface area (Å²) in [7, 11) is 0. The molecule has 37 heavy (non-hydrogen) atoms. The molecule has 1 aromatic carbocycles. The van der Waals surface area contributed by atoms with Crippen LogP contribution in [0.1, 0.15) is 49.1 Å². The fraction of sp³-hybridized carbons (Fsp3) is 0.536. The van der Waals surface area contributed by atoms with Gasteiger partial charge < -0.3 is 15.1 Å². The van der Waals surface area contributed by atoms with Crippen molar-refractivity contribution in [3.05, 3.63) is 51.6 Å². The third-order valence-electron chi connectivity index (χ3n) is 7.43. The molecule has 0 bridgehead atoms. The number of aromatic nitrogens is 2. The van der Waals surface area contributed by atoms with Crippen LogP contribution < -0.4 is 10.2 Å². The summed E-state index contributed by atoms with van der Waals surface area (Å²) in [5.74, 6) is 0.980. The van der Waals surface area contributed by atoms with Gasteiger partial charge >= 0.3 is 0 Å². The van der Waals surface area contributed by atoms with Crippen LogP contribution >= 0.6 is 22.9 Å². The topological polar surface area (TPSA) is 64.6 Å². The van der Waals surface area contributed by atoms with Gasteiger partial charge in [-0.3, -0.25) is 9.69 Å². The van der Waals surface area contributed by atoms with E-state index in [0.29, 0.717) is 30.7 Å². The van der Waals surface area contributed by atoms with Crippen LogP contribution in [-0.2, 0) is 17.8 Å². The molecule has 4 heterocycles. The van der Waals surface area contributed by atoms with Crippen LogP contribution in [0.4, 0.5) is 5.82 Å². The van der Waals surface area contributed by atoms with Gasteiger partial charge in [0.05, 0.1) is 11.3 Å². The van der Waals surface area contributed by atoms with E-state index in [9.17, 15) is 4.79 Å². The normalized spacial score (nSPS) is 17.4. The summed E-state index contributed by atoms with van der Waals surface area (Å²) in [6.45, 7) is 13.2. The van der Waals surface area contributed by atoms with Crippen LogP contribution in [-0.4, -0.2) is 77.5 Å². The van der Waals surface area contributed by atoms with Gasteiger partial charge in [0.1, 0.15) is 17.0 Å². The van der Waals surface area contributed by atoms with Crippen LogP contribution in [0, 0.1) is 0 Å². The van der Waals surface area contributed by atoms with Gasteiger partial charge in [0.15, 0.2) is 0 Å². The molecule has 1 amide bonds. The number of piperazine rings is 1. The lowest BCUT2D eigenvalue weighted by Crippen LogP contribution is -2.51. The van der Waals surface area contributed by atoms with Crippen molar-refractivity contribution in [2.24, 2.45) is 0 Å². The second-order valence-corrected chi connectivity index (χ2v) is 11.9. The highest BCUT2D eigenvalue weighted by molar-refractivity contribution is 7.19. The summed E-state index contributed by atoms with van der Waals surface area (Å²) in [4.78, 5) is 32.5. The van der Waals surface area contributed by atoms with E-state index >= 15 is 0 Å². The van der Waals surface area contributed by atoms with Gasteiger partial charge in [-0.2, -0.15) is 0 Å². The lowest BCUT2D eigenvalue weighted by atomic mass is 9.96. The van der Waals surface area contributed by atoms with Crippen molar-refractivity contribution in [1.82, 2.24) is 25.1 Å². The number of amides is 1. The summed E-state index contributed by atoms with van der Waals surface area (Å²) >= 11 is 7.94. The number of fused-ring (bicyclic) bond motifs is 3. The van der Waals surface area contributed by atoms with Crippen molar-refractivity contribution in [2.45, 2.75) is 52.1 Å². The van der Waals surface area contributed by atoms with Crippen molar-refractivity contribution in [3.63, 3.8) is 0 Å². The Hall–Kier alpha value is -2.26. The first kappa shape index (κ1) is 26.4. The Labute approximate surface area is 228 Å². The average Bonchev–Trinajstić information content (AvgIpc) is 3.28. The minimum absolute atomic E-state index is 0.173. The van der Waals surface area contributed by atoms with E-state index in [4.69, 9.17) is 16.6 Å². The quantitative estimate of drug-likeness (QED) is 0.452. The van der Waals surface area contributed by atoms with Crippen molar-refractivity contribution >= 4 is 44.9 Å². The first-order valence-electron chi connectivity index (χ1n) is 13.4. The molecular formula is C28H37ClN6OS. The Morgan fingerprint density at radius 3 is 2.57 bits per heavy atom. The van der Waals surface area contributed by atoms with Gasteiger partial charge in [0, 0.05) is 61.8 Å². The fourth-order valence-corrected chi connectivity index (χ4v) is 6.82. The second-order valence-electron chi connectivity index (χ2n) is 10.4. The third kappa shape index (κ3) is 5.77. The zero-order chi connectivity index (χ0) is 25.9. The highest BCUT2D eigenvalue weighted by Crippen LogP contribution is 2.38. The number of nitrogens with zero attached hydrogens (tertiary/aromatic N) is 5. The third-order valence-corrected chi connectivity index (χ3v) is 8.80. The Balaban J connectivity index is 1.31. The van der Waals surface area contributed by atoms with E-state index in [0.717, 1.165) is 55.4 Å². The number of nitrogens with one attached hydrogen (secondary N) is 1. The number of thiophene rings is 1. The number of halogens is 1. The lowest BCUT2D eigenvalue weighted by molar-refractivity contribution is -0.133. The van der Waals surface area contributed by atoms with Gasteiger partial charge in [0.25, 0.3) is 0 Å². The molecule has 0 spiro atoms. The Kier molecular flexibility index (Phi) is 8.29. The summed E-state index contributed by atoms with van der Waals surface area (Å²) in [6.07, 6.45) is 3.94. The monoisotopic (exact) mass is 540 g/mol. The smallest absolute Gasteiger partial charge is 0.231 e. The summed E-state index contributed by atoms with van der Waals surface area (Å²) in [6, 6.07) is 8.00. The Morgan fingerprint density at radius 2 is 1.86 bits per heavy atom. The van der Waals surface area contributed by atoms with Crippen LogP contribution in [0.5, 0.6) is 0 Å². The summed E-state index contributed by atoms with van der Waals surface area (Å²) in [5, 5.41) is 5.38. The van der Waals surface area contributed by atoms with Gasteiger partial charge in [-0.1, -0.05) is 44.5 Å². The number of carbonyl (C=O) groups excluding carboxylic acids is 1. The predicted octanol–water partition coefficient (Wildman–Crippen LogP) is 4.54. The van der Waals surface area contributed by atoms with E-state index in [1.165, 1.54) is 22.2 Å². The van der Waals surface area contributed by atoms with Crippen LogP contribution in [0.15, 0.2) is 30.6 Å². The standard InChI is InChI=1S/C28H37ClN6OS/c1-4-10-33-11-9-22-24(17-33)37-27-25(22)26(31-18-32-27)34-12-14-35(15-13-34)28(36)23(16-30-19(2)3)20-5-7-21(29)8-6-20/h5-8,18-19,23,30H,4,9-17H2,1-3H3. The summed E-state index contributed by atoms with van der Waals surface area (Å²) < 4.78 is 0. The molecule has 9 heteroatoms. The maximum atomic E-state index is 13.7. The van der Waals surface area contributed by atoms with E-state index in [2.05, 4.69) is 40.9 Å². The minimum Gasteiger partial charge on any atom is -0.352 e. The van der Waals surface area contributed by atoms with Gasteiger partial charge in [-0.05, 0) is 42.6 Å². The first-order chi connectivity index (χ1) is 17.9. The van der Waals surface area contributed by atoms with Gasteiger partial charge in [-0.15, -0.1) is 11.3 Å². The highest BCUT2D eigenvalue weighted by atomic mass is 35.5. The predicted molar refractivity (Wildman–Crippen MR) is 153 cm³/mol. The molecule has 1 fully saturated rings. The molecule has 1 N–H and O–H groups in total. The SMILES string of the molecule is CCCN1CCc2c(sc3ncnc(N4CCN(C(=O)C(CNC(C)C)c5ccc(Cl)cc5)CC4)c23)C1. The van der Waals surface area contributed by atoms with Crippen molar-refractivity contribution in [1.29, 1.82) is 0 Å². The second kappa shape index (κ2) is 11.6. The largest absolute Gasteiger partial charge is 0.352 e. The molecule has 1 saturated heterocycles. The number of hydrogen-bond acceptors (Lipinski definition) is 7. The number of benzene rings is 1. The molecule has 2 aromatic heterocycles. The van der Waals surface area contributed by atoms with Crippen LogP contribution in [0.2, 0.25) is 5.02 Å². The van der Waals surface area contributed by atoms with E-state index in [1.807, 2.05) is 40.5 Å². The molecule has 0 saturated carbocycles. The van der Waals surface area contributed by atoms with Crippen molar-refractivity contribution in [3.8, 4) is 0 Å². The van der Waals surface area contributed by atoms with Gasteiger partial charge in [-0.25, -0.2) is 9.97 Å². The lowest BCUT2D eigenvalue weighted by Gasteiger charge is -2.37. The molecule has 3 aromatic rings. The molecular weight excluding hydrogens is 504 g/mol. The first-order valence-corrected chi connectivity index (χ1v) is 14.6. The average molecular weight is 541 g/mol. The molecule has 0 aliphatic carbocycles. The van der Waals surface area contributed by atoms with Gasteiger partial charge in [0.2, 0.25) is 5.91 Å². The molecule has 7 nitrogen and oxygen atoms in total. The number of carbonyl (C=O) groups is 1. The van der Waals surface area contributed by atoms with Crippen LogP contribution in [0.25, 0.3) is 10.2 Å². The van der Waals surface area contributed by atoms with E-state index in [1.54, 1.807) is 6.33 Å². The Morgan fingerprint density at radius 1 is 1.11 bits per heavy atom. The number of hydrogen-bond donors (Lipinski definition) is 1. The van der Waals surface area contributed by atoms with Crippen molar-refractivity contribution in [2.75, 3.05) is 50.7 Å². The summed E-state index contributed by atoms with van der Waals surface area (Å²) in [5.41, 5.74) is 2.44. The molecule has 1 atom stereocenters. The maximum Gasteiger partial charge on any atom is 0.231 e. The molecule has 2 aliphatic rings. The molecule has 0 radical (unpaired) electrons. The van der Waals surface area contributed by atoms with E-state index in [-0.39, 0.29) is 11.8 Å². The zero-order valence-corrected chi connectivity index (χ0v) is 23.6. The minimum atomic E-state index is -0.230. The zero-order valence-electron chi connectivity index (χ0n) is 22.0. The number of anilines is 1. The highest BCUT2D eigenvalue weighted by Gasteiger charge is 2.31. The Bertz CT molecular complexity index is 1220. The van der Waals surface area contributed by atoms with Crippen molar-refractivity contribution < 1.29 is 4.79 Å². The molecule has 1 unspecified atom stereocenters. The molecule has 2 aliphatic heterocycles. The fourth-order valence-electron chi connectivity index (χ4n) is 5.47. The molecule has 198 valence electrons. The maximum absolute atomic E-state index is 13.7.